The average Bonchev–Trinajstić information content (AvgIpc) is 3.44. The number of rotatable bonds is 1. The number of nitrogens with zero attached hydrogens (tertiary/aromatic N) is 6. The molecule has 0 aliphatic carbocycles. The predicted octanol–water partition coefficient (Wildman–Crippen LogP) is 3.16. The molecule has 6 heterocycles. The summed E-state index contributed by atoms with van der Waals surface area (Å²) in [6, 6.07) is 8.73. The van der Waals surface area contributed by atoms with Crippen molar-refractivity contribution in [2.45, 2.75) is 43.9 Å². The number of aliphatic imine (C=N–C) groups is 1. The number of amidine groups is 1. The van der Waals surface area contributed by atoms with Crippen LogP contribution in [-0.4, -0.2) is 46.0 Å². The van der Waals surface area contributed by atoms with Gasteiger partial charge >= 0.3 is 0 Å². The van der Waals surface area contributed by atoms with E-state index in [0.717, 1.165) is 72.5 Å². The maximum Gasteiger partial charge on any atom is 0.165 e. The minimum absolute atomic E-state index is 0.310. The van der Waals surface area contributed by atoms with Crippen LogP contribution in [0, 0.1) is 5.82 Å². The van der Waals surface area contributed by atoms with Gasteiger partial charge in [-0.05, 0) is 31.0 Å². The third-order valence-corrected chi connectivity index (χ3v) is 7.77. The largest absolute Gasteiger partial charge is 0.482 e. The Morgan fingerprint density at radius 3 is 2.80 bits per heavy atom. The fraction of sp³-hybridized carbons (Fsp3) is 0.385. The summed E-state index contributed by atoms with van der Waals surface area (Å²) in [6.07, 6.45) is 7.10. The third kappa shape index (κ3) is 3.14. The summed E-state index contributed by atoms with van der Waals surface area (Å²) in [6.45, 7) is 2.86. The normalized spacial score (nSPS) is 21.9. The molecule has 0 amide bonds. The van der Waals surface area contributed by atoms with Crippen molar-refractivity contribution in [3.63, 3.8) is 0 Å². The molecular weight excluding hydrogens is 445 g/mol. The number of benzene rings is 1. The van der Waals surface area contributed by atoms with Gasteiger partial charge in [0.25, 0.3) is 0 Å². The topological polar surface area (TPSA) is 92.8 Å². The van der Waals surface area contributed by atoms with Crippen LogP contribution in [0.25, 0.3) is 0 Å². The first-order valence-electron chi connectivity index (χ1n) is 12.2. The Hall–Kier alpha value is -3.59. The minimum atomic E-state index is -0.572. The van der Waals surface area contributed by atoms with Crippen molar-refractivity contribution in [3.05, 3.63) is 71.2 Å². The zero-order chi connectivity index (χ0) is 23.6. The van der Waals surface area contributed by atoms with Crippen LogP contribution >= 0.6 is 0 Å². The number of halogens is 1. The van der Waals surface area contributed by atoms with Gasteiger partial charge in [-0.15, -0.1) is 0 Å². The Morgan fingerprint density at radius 2 is 1.94 bits per heavy atom. The quantitative estimate of drug-likeness (QED) is 0.583. The van der Waals surface area contributed by atoms with E-state index in [0.29, 0.717) is 25.1 Å². The zero-order valence-electron chi connectivity index (χ0n) is 19.3. The van der Waals surface area contributed by atoms with Crippen LogP contribution in [-0.2, 0) is 13.0 Å². The number of fused-ring (bicyclic) bond motifs is 3. The van der Waals surface area contributed by atoms with E-state index in [1.54, 1.807) is 6.07 Å². The smallest absolute Gasteiger partial charge is 0.165 e. The van der Waals surface area contributed by atoms with Gasteiger partial charge < -0.3 is 20.3 Å². The molecule has 2 aromatic heterocycles. The van der Waals surface area contributed by atoms with Gasteiger partial charge in [0.1, 0.15) is 17.1 Å². The van der Waals surface area contributed by atoms with Crippen molar-refractivity contribution in [3.8, 4) is 5.75 Å². The van der Waals surface area contributed by atoms with Crippen LogP contribution in [0.2, 0.25) is 0 Å². The summed E-state index contributed by atoms with van der Waals surface area (Å²) in [5, 5.41) is 0. The van der Waals surface area contributed by atoms with Gasteiger partial charge in [-0.1, -0.05) is 12.1 Å². The molecule has 0 bridgehead atoms. The highest BCUT2D eigenvalue weighted by Gasteiger charge is 2.49. The van der Waals surface area contributed by atoms with Crippen LogP contribution < -0.4 is 20.3 Å². The lowest BCUT2D eigenvalue weighted by Crippen LogP contribution is -2.51. The first kappa shape index (κ1) is 20.8. The summed E-state index contributed by atoms with van der Waals surface area (Å²) < 4.78 is 20.4. The molecule has 0 unspecified atom stereocenters. The molecule has 0 radical (unpaired) electrons. The molecule has 35 heavy (non-hydrogen) atoms. The fourth-order valence-corrected chi connectivity index (χ4v) is 5.87. The van der Waals surface area contributed by atoms with Crippen molar-refractivity contribution in [2.24, 2.45) is 10.7 Å². The van der Waals surface area contributed by atoms with Crippen molar-refractivity contribution < 1.29 is 9.13 Å². The van der Waals surface area contributed by atoms with E-state index < -0.39 is 5.60 Å². The number of ether oxygens (including phenoxy) is 1. The van der Waals surface area contributed by atoms with Crippen molar-refractivity contribution in [1.29, 1.82) is 0 Å². The molecule has 7 rings (SSSR count). The zero-order valence-corrected chi connectivity index (χ0v) is 19.3. The maximum absolute atomic E-state index is 14.3. The number of pyridine rings is 1. The molecule has 8 nitrogen and oxygen atoms in total. The van der Waals surface area contributed by atoms with Gasteiger partial charge in [0.2, 0.25) is 0 Å². The highest BCUT2D eigenvalue weighted by atomic mass is 19.1. The molecule has 2 N–H and O–H groups in total. The Balaban J connectivity index is 1.09. The molecule has 178 valence electrons. The summed E-state index contributed by atoms with van der Waals surface area (Å²) >= 11 is 0. The second kappa shape index (κ2) is 7.71. The predicted molar refractivity (Wildman–Crippen MR) is 130 cm³/mol. The molecule has 1 saturated heterocycles. The first-order chi connectivity index (χ1) is 17.1. The van der Waals surface area contributed by atoms with Crippen molar-refractivity contribution in [2.75, 3.05) is 29.4 Å². The second-order valence-corrected chi connectivity index (χ2v) is 9.68. The van der Waals surface area contributed by atoms with Gasteiger partial charge in [0.15, 0.2) is 17.4 Å². The van der Waals surface area contributed by atoms with E-state index in [9.17, 15) is 4.39 Å². The number of hydrogen-bond donors (Lipinski definition) is 1. The van der Waals surface area contributed by atoms with E-state index in [1.807, 2.05) is 24.5 Å². The van der Waals surface area contributed by atoms with E-state index in [1.165, 1.54) is 6.07 Å². The number of nitrogens with two attached hydrogens (primary N) is 1. The van der Waals surface area contributed by atoms with Crippen LogP contribution in [0.15, 0.2) is 47.7 Å². The van der Waals surface area contributed by atoms with E-state index in [4.69, 9.17) is 25.4 Å². The first-order valence-corrected chi connectivity index (χ1v) is 12.2. The van der Waals surface area contributed by atoms with Gasteiger partial charge in [-0.25, -0.2) is 14.4 Å². The van der Waals surface area contributed by atoms with Crippen molar-refractivity contribution >= 4 is 17.3 Å². The third-order valence-electron chi connectivity index (χ3n) is 7.77. The molecule has 0 saturated carbocycles. The fourth-order valence-electron chi connectivity index (χ4n) is 5.87. The molecular formula is C26H26FN7O. The molecule has 1 spiro atoms. The lowest BCUT2D eigenvalue weighted by atomic mass is 9.83. The minimum Gasteiger partial charge on any atom is -0.482 e. The monoisotopic (exact) mass is 471 g/mol. The highest BCUT2D eigenvalue weighted by molar-refractivity contribution is 6.11. The summed E-state index contributed by atoms with van der Waals surface area (Å²) in [5.41, 5.74) is 10.7. The number of para-hydroxylation sites is 1. The van der Waals surface area contributed by atoms with Crippen LogP contribution in [0.3, 0.4) is 0 Å². The number of aryl methyl sites for hydroxylation is 1. The van der Waals surface area contributed by atoms with Crippen LogP contribution in [0.5, 0.6) is 5.75 Å². The van der Waals surface area contributed by atoms with Gasteiger partial charge in [0, 0.05) is 44.2 Å². The number of aromatic nitrogens is 3. The second-order valence-electron chi connectivity index (χ2n) is 9.68. The lowest BCUT2D eigenvalue weighted by molar-refractivity contribution is 0.0402. The standard InChI is InChI=1S/C26H26FN7O/c27-17-5-1-4-16-23(17)35-26(24(16)28)8-12-33(13-9-26)21-15-30-22-19(32-21)14-31-25(22)34-11-3-6-18-20(34)7-2-10-29-18/h1-2,4-5,7,10,15,24H,3,6,8-9,11-14,28H2/t24-/m1/s1. The summed E-state index contributed by atoms with van der Waals surface area (Å²) in [4.78, 5) is 23.5. The van der Waals surface area contributed by atoms with Crippen LogP contribution in [0.4, 0.5) is 15.9 Å². The molecule has 1 aromatic carbocycles. The summed E-state index contributed by atoms with van der Waals surface area (Å²) in [5.74, 6) is 1.69. The Morgan fingerprint density at radius 1 is 1.06 bits per heavy atom. The number of hydrogen-bond acceptors (Lipinski definition) is 8. The molecule has 4 aliphatic rings. The van der Waals surface area contributed by atoms with Gasteiger partial charge in [0.05, 0.1) is 35.9 Å². The van der Waals surface area contributed by atoms with E-state index in [2.05, 4.69) is 20.9 Å². The Bertz CT molecular complexity index is 1350. The molecule has 4 aliphatic heterocycles. The number of anilines is 2. The molecule has 9 heteroatoms. The molecule has 3 aromatic rings. The van der Waals surface area contributed by atoms with E-state index >= 15 is 0 Å². The Labute approximate surface area is 202 Å². The maximum atomic E-state index is 14.3. The molecule has 1 atom stereocenters. The lowest BCUT2D eigenvalue weighted by Gasteiger charge is -2.41. The SMILES string of the molecule is N[C@@H]1c2cccc(F)c2OC12CCN(c1cnc3c(n1)CN=C3N1CCCc3ncccc31)CC2. The van der Waals surface area contributed by atoms with Gasteiger partial charge in [-0.2, -0.15) is 0 Å². The molecule has 1 fully saturated rings. The van der Waals surface area contributed by atoms with Crippen molar-refractivity contribution in [1.82, 2.24) is 15.0 Å². The Kier molecular flexibility index (Phi) is 4.57. The average molecular weight is 472 g/mol. The number of piperidine rings is 1. The highest BCUT2D eigenvalue weighted by Crippen LogP contribution is 2.48. The summed E-state index contributed by atoms with van der Waals surface area (Å²) in [7, 11) is 0. The van der Waals surface area contributed by atoms with Crippen LogP contribution in [0.1, 0.15) is 47.9 Å². The van der Waals surface area contributed by atoms with Gasteiger partial charge in [-0.3, -0.25) is 9.98 Å². The van der Waals surface area contributed by atoms with E-state index in [-0.39, 0.29) is 11.9 Å².